The Balaban J connectivity index is 1.48. The van der Waals surface area contributed by atoms with Crippen molar-refractivity contribution in [1.29, 1.82) is 0 Å². The Morgan fingerprint density at radius 1 is 0.871 bits per heavy atom. The SMILES string of the molecule is C[N+]1=CN(c2cccc(Oc3cccc(-n4cnnn4)c3)c2)c2ccccc2C1(C)C. The van der Waals surface area contributed by atoms with Crippen LogP contribution < -0.4 is 9.64 Å². The van der Waals surface area contributed by atoms with Crippen LogP contribution in [0.4, 0.5) is 11.4 Å². The van der Waals surface area contributed by atoms with Gasteiger partial charge < -0.3 is 4.74 Å². The van der Waals surface area contributed by atoms with Gasteiger partial charge in [0.15, 0.2) is 0 Å². The predicted molar refractivity (Wildman–Crippen MR) is 120 cm³/mol. The van der Waals surface area contributed by atoms with Crippen LogP contribution in [0.2, 0.25) is 0 Å². The van der Waals surface area contributed by atoms with E-state index in [2.05, 4.69) is 82.6 Å². The van der Waals surface area contributed by atoms with Crippen molar-refractivity contribution >= 4 is 17.7 Å². The lowest BCUT2D eigenvalue weighted by molar-refractivity contribution is -0.582. The molecule has 3 aromatic carbocycles. The van der Waals surface area contributed by atoms with Crippen LogP contribution in [0.1, 0.15) is 19.4 Å². The summed E-state index contributed by atoms with van der Waals surface area (Å²) in [5, 5.41) is 11.3. The number of nitrogens with zero attached hydrogens (tertiary/aromatic N) is 6. The topological polar surface area (TPSA) is 59.1 Å². The van der Waals surface area contributed by atoms with E-state index in [4.69, 9.17) is 4.74 Å². The quantitative estimate of drug-likeness (QED) is 0.463. The first-order chi connectivity index (χ1) is 15.0. The second-order valence-electron chi connectivity index (χ2n) is 8.02. The molecule has 7 heteroatoms. The molecule has 154 valence electrons. The number of hydrogen-bond donors (Lipinski definition) is 0. The lowest BCUT2D eigenvalue weighted by Crippen LogP contribution is -2.41. The fourth-order valence-corrected chi connectivity index (χ4v) is 3.78. The summed E-state index contributed by atoms with van der Waals surface area (Å²) in [7, 11) is 2.10. The summed E-state index contributed by atoms with van der Waals surface area (Å²) in [5.41, 5.74) is 4.23. The molecule has 5 rings (SSSR count). The van der Waals surface area contributed by atoms with Gasteiger partial charge in [-0.2, -0.15) is 4.90 Å². The lowest BCUT2D eigenvalue weighted by atomic mass is 9.90. The standard InChI is InChI=1S/C24H23N6O/c1-24(2)22-12-4-5-13-23(22)29(17-28(24)3)18-8-6-10-20(14-18)31-21-11-7-9-19(15-21)30-16-25-26-27-30/h4-17H,1-3H3/q+1. The van der Waals surface area contributed by atoms with Gasteiger partial charge in [-0.1, -0.05) is 30.3 Å². The summed E-state index contributed by atoms with van der Waals surface area (Å²) >= 11 is 0. The van der Waals surface area contributed by atoms with Crippen molar-refractivity contribution in [2.45, 2.75) is 19.4 Å². The fourth-order valence-electron chi connectivity index (χ4n) is 3.78. The zero-order chi connectivity index (χ0) is 21.4. The molecule has 0 amide bonds. The van der Waals surface area contributed by atoms with Crippen LogP contribution >= 0.6 is 0 Å². The molecule has 1 aromatic heterocycles. The third-order valence-corrected chi connectivity index (χ3v) is 5.76. The van der Waals surface area contributed by atoms with Crippen LogP contribution in [0.3, 0.4) is 0 Å². The average molecular weight is 411 g/mol. The minimum absolute atomic E-state index is 0.0855. The number of rotatable bonds is 4. The molecule has 0 saturated heterocycles. The Morgan fingerprint density at radius 2 is 1.58 bits per heavy atom. The van der Waals surface area contributed by atoms with Crippen LogP contribution in [-0.2, 0) is 5.54 Å². The van der Waals surface area contributed by atoms with Gasteiger partial charge in [0.25, 0.3) is 0 Å². The molecule has 0 aliphatic carbocycles. The van der Waals surface area contributed by atoms with Gasteiger partial charge in [-0.25, -0.2) is 4.68 Å². The molecule has 0 atom stereocenters. The van der Waals surface area contributed by atoms with Crippen LogP contribution in [0.25, 0.3) is 5.69 Å². The Morgan fingerprint density at radius 3 is 2.32 bits per heavy atom. The van der Waals surface area contributed by atoms with Crippen molar-refractivity contribution in [3.8, 4) is 17.2 Å². The summed E-state index contributed by atoms with van der Waals surface area (Å²) in [6.07, 6.45) is 3.70. The number of para-hydroxylation sites is 1. The van der Waals surface area contributed by atoms with E-state index in [-0.39, 0.29) is 5.54 Å². The maximum absolute atomic E-state index is 6.17. The summed E-state index contributed by atoms with van der Waals surface area (Å²) in [4.78, 5) is 2.20. The molecule has 1 aliphatic rings. The van der Waals surface area contributed by atoms with E-state index in [1.54, 1.807) is 11.0 Å². The molecule has 0 radical (unpaired) electrons. The highest BCUT2D eigenvalue weighted by molar-refractivity contribution is 5.90. The Labute approximate surface area is 180 Å². The Bertz CT molecular complexity index is 1260. The smallest absolute Gasteiger partial charge is 0.245 e. The minimum atomic E-state index is -0.0855. The van der Waals surface area contributed by atoms with E-state index >= 15 is 0 Å². The van der Waals surface area contributed by atoms with Gasteiger partial charge in [-0.15, -0.1) is 5.10 Å². The first kappa shape index (κ1) is 19.0. The van der Waals surface area contributed by atoms with Crippen LogP contribution in [0, 0.1) is 0 Å². The van der Waals surface area contributed by atoms with Gasteiger partial charge in [-0.05, 0) is 54.6 Å². The second kappa shape index (κ2) is 7.36. The van der Waals surface area contributed by atoms with Gasteiger partial charge in [0, 0.05) is 17.7 Å². The molecule has 4 aromatic rings. The molecule has 0 bridgehead atoms. The van der Waals surface area contributed by atoms with E-state index in [1.165, 1.54) is 11.3 Å². The minimum Gasteiger partial charge on any atom is -0.457 e. The number of ether oxygens (including phenoxy) is 1. The predicted octanol–water partition coefficient (Wildman–Crippen LogP) is 4.51. The van der Waals surface area contributed by atoms with Crippen LogP contribution in [0.5, 0.6) is 11.5 Å². The maximum atomic E-state index is 6.17. The number of fused-ring (bicyclic) bond motifs is 1. The molecular formula is C24H23N6O+. The van der Waals surface area contributed by atoms with Gasteiger partial charge in [0.05, 0.1) is 12.7 Å². The summed E-state index contributed by atoms with van der Waals surface area (Å²) in [5.74, 6) is 1.47. The largest absolute Gasteiger partial charge is 0.457 e. The van der Waals surface area contributed by atoms with E-state index in [0.717, 1.165) is 17.1 Å². The van der Waals surface area contributed by atoms with Gasteiger partial charge in [0.2, 0.25) is 6.34 Å². The highest BCUT2D eigenvalue weighted by atomic mass is 16.5. The molecule has 0 saturated carbocycles. The van der Waals surface area contributed by atoms with E-state index in [0.29, 0.717) is 5.75 Å². The number of anilines is 2. The molecule has 0 unspecified atom stereocenters. The third kappa shape index (κ3) is 3.44. The van der Waals surface area contributed by atoms with Crippen molar-refractivity contribution in [3.63, 3.8) is 0 Å². The number of hydrogen-bond acceptors (Lipinski definition) is 5. The molecule has 0 fully saturated rings. The number of benzene rings is 3. The molecule has 1 aliphatic heterocycles. The Kier molecular flexibility index (Phi) is 4.51. The molecule has 0 spiro atoms. The zero-order valence-electron chi connectivity index (χ0n) is 17.7. The van der Waals surface area contributed by atoms with Gasteiger partial charge >= 0.3 is 0 Å². The number of tetrazole rings is 1. The third-order valence-electron chi connectivity index (χ3n) is 5.76. The van der Waals surface area contributed by atoms with Crippen molar-refractivity contribution in [2.24, 2.45) is 0 Å². The van der Waals surface area contributed by atoms with Crippen molar-refractivity contribution < 1.29 is 9.31 Å². The highest BCUT2D eigenvalue weighted by Crippen LogP contribution is 2.39. The monoisotopic (exact) mass is 411 g/mol. The van der Waals surface area contributed by atoms with Crippen molar-refractivity contribution in [3.05, 3.63) is 84.7 Å². The number of aromatic nitrogens is 4. The Hall–Kier alpha value is -4.00. The normalized spacial score (nSPS) is 14.7. The van der Waals surface area contributed by atoms with Crippen molar-refractivity contribution in [1.82, 2.24) is 20.2 Å². The molecule has 31 heavy (non-hydrogen) atoms. The fraction of sp³-hybridized carbons (Fsp3) is 0.167. The molecule has 7 nitrogen and oxygen atoms in total. The van der Waals surface area contributed by atoms with E-state index < -0.39 is 0 Å². The lowest BCUT2D eigenvalue weighted by Gasteiger charge is -2.33. The summed E-state index contributed by atoms with van der Waals surface area (Å²) in [6, 6.07) is 24.3. The zero-order valence-corrected chi connectivity index (χ0v) is 17.7. The molecule has 2 heterocycles. The first-order valence-electron chi connectivity index (χ1n) is 10.1. The molecule has 0 N–H and O–H groups in total. The first-order valence-corrected chi connectivity index (χ1v) is 10.1. The highest BCUT2D eigenvalue weighted by Gasteiger charge is 2.37. The van der Waals surface area contributed by atoms with Crippen molar-refractivity contribution in [2.75, 3.05) is 11.9 Å². The summed E-state index contributed by atoms with van der Waals surface area (Å²) < 4.78 is 10.0. The maximum Gasteiger partial charge on any atom is 0.245 e. The van der Waals surface area contributed by atoms with E-state index in [1.807, 2.05) is 42.5 Å². The average Bonchev–Trinajstić information content (AvgIpc) is 3.32. The van der Waals surface area contributed by atoms with Crippen LogP contribution in [0.15, 0.2) is 79.1 Å². The van der Waals surface area contributed by atoms with Gasteiger partial charge in [-0.3, -0.25) is 4.58 Å². The second-order valence-corrected chi connectivity index (χ2v) is 8.02. The van der Waals surface area contributed by atoms with Crippen LogP contribution in [-0.4, -0.2) is 38.2 Å². The molecular weight excluding hydrogens is 388 g/mol. The van der Waals surface area contributed by atoms with Gasteiger partial charge in [0.1, 0.15) is 34.7 Å². The van der Waals surface area contributed by atoms with E-state index in [9.17, 15) is 0 Å². The summed E-state index contributed by atoms with van der Waals surface area (Å²) in [6.45, 7) is 4.47.